The Morgan fingerprint density at radius 3 is 2.72 bits per heavy atom. The molecular weight excluding hydrogens is 368 g/mol. The molecule has 140 valence electrons. The van der Waals surface area contributed by atoms with Crippen LogP contribution in [0.4, 0.5) is 4.39 Å². The van der Waals surface area contributed by atoms with Gasteiger partial charge in [0.15, 0.2) is 11.7 Å². The van der Waals surface area contributed by atoms with Gasteiger partial charge in [0.2, 0.25) is 5.91 Å². The molecule has 1 atom stereocenters. The standard InChI is InChI=1S/C17H22FN3O2.2ClH/c1-3-19-12(2)10-20-16(22)8-9-17-21-11-15(23-17)13-6-4-5-7-14(13)18;;/h4-7,11-12,19H,3,8-10H2,1-2H3,(H,20,22);2*1H/t12-;;/m1../s1. The van der Waals surface area contributed by atoms with E-state index in [9.17, 15) is 9.18 Å². The second-order valence-electron chi connectivity index (χ2n) is 5.36. The summed E-state index contributed by atoms with van der Waals surface area (Å²) in [6.07, 6.45) is 2.16. The molecule has 0 aliphatic heterocycles. The van der Waals surface area contributed by atoms with Crippen LogP contribution < -0.4 is 10.6 Å². The molecule has 2 rings (SSSR count). The van der Waals surface area contributed by atoms with E-state index in [0.717, 1.165) is 6.54 Å². The number of aromatic nitrogens is 1. The number of aryl methyl sites for hydroxylation is 1. The Morgan fingerprint density at radius 2 is 2.04 bits per heavy atom. The molecule has 1 amide bonds. The number of hydrogen-bond acceptors (Lipinski definition) is 4. The van der Waals surface area contributed by atoms with E-state index in [-0.39, 0.29) is 49.0 Å². The summed E-state index contributed by atoms with van der Waals surface area (Å²) < 4.78 is 19.2. The van der Waals surface area contributed by atoms with E-state index in [2.05, 4.69) is 15.6 Å². The lowest BCUT2D eigenvalue weighted by molar-refractivity contribution is -0.121. The van der Waals surface area contributed by atoms with Crippen LogP contribution >= 0.6 is 24.8 Å². The molecule has 25 heavy (non-hydrogen) atoms. The highest BCUT2D eigenvalue weighted by molar-refractivity contribution is 5.85. The van der Waals surface area contributed by atoms with Crippen LogP contribution in [0.15, 0.2) is 34.9 Å². The number of oxazole rings is 1. The fraction of sp³-hybridized carbons (Fsp3) is 0.412. The molecule has 0 radical (unpaired) electrons. The zero-order valence-corrected chi connectivity index (χ0v) is 15.9. The highest BCUT2D eigenvalue weighted by atomic mass is 35.5. The molecular formula is C17H24Cl2FN3O2. The lowest BCUT2D eigenvalue weighted by Gasteiger charge is -2.12. The maximum Gasteiger partial charge on any atom is 0.220 e. The smallest absolute Gasteiger partial charge is 0.220 e. The number of rotatable bonds is 8. The van der Waals surface area contributed by atoms with E-state index >= 15 is 0 Å². The number of nitrogens with zero attached hydrogens (tertiary/aromatic N) is 1. The molecule has 0 spiro atoms. The highest BCUT2D eigenvalue weighted by Crippen LogP contribution is 2.23. The van der Waals surface area contributed by atoms with Gasteiger partial charge in [0.1, 0.15) is 5.82 Å². The van der Waals surface area contributed by atoms with Crippen molar-refractivity contribution in [1.29, 1.82) is 0 Å². The van der Waals surface area contributed by atoms with Crippen molar-refractivity contribution >= 4 is 30.7 Å². The molecule has 2 N–H and O–H groups in total. The number of amides is 1. The minimum atomic E-state index is -0.356. The quantitative estimate of drug-likeness (QED) is 0.723. The van der Waals surface area contributed by atoms with Crippen LogP contribution in [0, 0.1) is 5.82 Å². The van der Waals surface area contributed by atoms with Crippen LogP contribution in [-0.4, -0.2) is 30.0 Å². The van der Waals surface area contributed by atoms with Gasteiger partial charge in [0.25, 0.3) is 0 Å². The normalized spacial score (nSPS) is 11.2. The summed E-state index contributed by atoms with van der Waals surface area (Å²) in [6.45, 7) is 5.48. The Balaban J connectivity index is 0.00000288. The summed E-state index contributed by atoms with van der Waals surface area (Å²) in [5.74, 6) is 0.392. The molecule has 0 unspecified atom stereocenters. The van der Waals surface area contributed by atoms with Gasteiger partial charge in [-0.15, -0.1) is 24.8 Å². The molecule has 0 aliphatic carbocycles. The van der Waals surface area contributed by atoms with Crippen LogP contribution in [0.3, 0.4) is 0 Å². The van der Waals surface area contributed by atoms with Crippen molar-refractivity contribution in [3.05, 3.63) is 42.2 Å². The summed E-state index contributed by atoms with van der Waals surface area (Å²) in [4.78, 5) is 15.9. The van der Waals surface area contributed by atoms with Crippen LogP contribution in [0.2, 0.25) is 0 Å². The van der Waals surface area contributed by atoms with Gasteiger partial charge in [0, 0.05) is 25.4 Å². The summed E-state index contributed by atoms with van der Waals surface area (Å²) in [5, 5.41) is 6.07. The minimum Gasteiger partial charge on any atom is -0.441 e. The van der Waals surface area contributed by atoms with Gasteiger partial charge < -0.3 is 15.1 Å². The summed E-state index contributed by atoms with van der Waals surface area (Å²) >= 11 is 0. The van der Waals surface area contributed by atoms with Gasteiger partial charge in [-0.05, 0) is 25.6 Å². The molecule has 0 fully saturated rings. The fourth-order valence-electron chi connectivity index (χ4n) is 2.21. The zero-order chi connectivity index (χ0) is 16.7. The first-order valence-corrected chi connectivity index (χ1v) is 7.79. The Kier molecular flexibility index (Phi) is 11.1. The molecule has 0 saturated heterocycles. The van der Waals surface area contributed by atoms with Gasteiger partial charge in [0.05, 0.1) is 11.8 Å². The molecule has 2 aromatic rings. The van der Waals surface area contributed by atoms with Gasteiger partial charge in [-0.1, -0.05) is 19.1 Å². The average molecular weight is 392 g/mol. The summed E-state index contributed by atoms with van der Waals surface area (Å²) in [6, 6.07) is 6.60. The molecule has 1 heterocycles. The molecule has 5 nitrogen and oxygen atoms in total. The van der Waals surface area contributed by atoms with E-state index in [0.29, 0.717) is 30.2 Å². The van der Waals surface area contributed by atoms with Gasteiger partial charge in [-0.3, -0.25) is 4.79 Å². The van der Waals surface area contributed by atoms with Crippen LogP contribution in [0.1, 0.15) is 26.2 Å². The van der Waals surface area contributed by atoms with Crippen molar-refractivity contribution in [1.82, 2.24) is 15.6 Å². The third-order valence-corrected chi connectivity index (χ3v) is 3.42. The minimum absolute atomic E-state index is 0. The Bertz CT molecular complexity index is 652. The van der Waals surface area contributed by atoms with Crippen LogP contribution in [-0.2, 0) is 11.2 Å². The molecule has 0 bridgehead atoms. The number of hydrogen-bond donors (Lipinski definition) is 2. The number of halogens is 3. The van der Waals surface area contributed by atoms with Gasteiger partial charge in [-0.2, -0.15) is 0 Å². The topological polar surface area (TPSA) is 67.2 Å². The number of carbonyl (C=O) groups is 1. The monoisotopic (exact) mass is 391 g/mol. The first-order valence-electron chi connectivity index (χ1n) is 7.79. The predicted octanol–water partition coefficient (Wildman–Crippen LogP) is 3.37. The summed E-state index contributed by atoms with van der Waals surface area (Å²) in [5.41, 5.74) is 0.371. The van der Waals surface area contributed by atoms with Crippen molar-refractivity contribution < 1.29 is 13.6 Å². The molecule has 0 aliphatic rings. The zero-order valence-electron chi connectivity index (χ0n) is 14.3. The Labute approximate surface area is 159 Å². The van der Waals surface area contributed by atoms with E-state index in [1.54, 1.807) is 18.2 Å². The van der Waals surface area contributed by atoms with Crippen LogP contribution in [0.25, 0.3) is 11.3 Å². The maximum atomic E-state index is 13.7. The van der Waals surface area contributed by atoms with Gasteiger partial charge >= 0.3 is 0 Å². The van der Waals surface area contributed by atoms with E-state index in [1.165, 1.54) is 12.3 Å². The van der Waals surface area contributed by atoms with Crippen molar-refractivity contribution in [2.24, 2.45) is 0 Å². The maximum absolute atomic E-state index is 13.7. The average Bonchev–Trinajstić information content (AvgIpc) is 3.00. The third kappa shape index (κ3) is 7.42. The van der Waals surface area contributed by atoms with Crippen molar-refractivity contribution in [3.8, 4) is 11.3 Å². The second-order valence-corrected chi connectivity index (χ2v) is 5.36. The number of carbonyl (C=O) groups excluding carboxylic acids is 1. The Hall–Kier alpha value is -1.63. The van der Waals surface area contributed by atoms with E-state index in [4.69, 9.17) is 4.42 Å². The second kappa shape index (κ2) is 11.8. The van der Waals surface area contributed by atoms with E-state index < -0.39 is 0 Å². The largest absolute Gasteiger partial charge is 0.441 e. The summed E-state index contributed by atoms with van der Waals surface area (Å²) in [7, 11) is 0. The lowest BCUT2D eigenvalue weighted by atomic mass is 10.2. The van der Waals surface area contributed by atoms with E-state index in [1.807, 2.05) is 13.8 Å². The highest BCUT2D eigenvalue weighted by Gasteiger charge is 2.12. The first-order chi connectivity index (χ1) is 11.1. The molecule has 8 heteroatoms. The van der Waals surface area contributed by atoms with Crippen molar-refractivity contribution in [2.45, 2.75) is 32.7 Å². The Morgan fingerprint density at radius 1 is 1.32 bits per heavy atom. The number of benzene rings is 1. The lowest BCUT2D eigenvalue weighted by Crippen LogP contribution is -2.38. The molecule has 0 saturated carbocycles. The first kappa shape index (κ1) is 23.4. The number of nitrogens with one attached hydrogen (secondary N) is 2. The predicted molar refractivity (Wildman–Crippen MR) is 101 cm³/mol. The van der Waals surface area contributed by atoms with Gasteiger partial charge in [-0.25, -0.2) is 9.37 Å². The molecule has 1 aromatic carbocycles. The van der Waals surface area contributed by atoms with Crippen molar-refractivity contribution in [3.63, 3.8) is 0 Å². The van der Waals surface area contributed by atoms with Crippen molar-refractivity contribution in [2.75, 3.05) is 13.1 Å². The SMILES string of the molecule is CCN[C@H](C)CNC(=O)CCc1ncc(-c2ccccc2F)o1.Cl.Cl. The number of likely N-dealkylation sites (N-methyl/N-ethyl adjacent to an activating group) is 1. The fourth-order valence-corrected chi connectivity index (χ4v) is 2.21. The third-order valence-electron chi connectivity index (χ3n) is 3.42. The van der Waals surface area contributed by atoms with Crippen LogP contribution in [0.5, 0.6) is 0 Å². The molecule has 1 aromatic heterocycles.